The van der Waals surface area contributed by atoms with E-state index in [0.29, 0.717) is 22.1 Å². The van der Waals surface area contributed by atoms with Gasteiger partial charge in [0, 0.05) is 10.2 Å². The Morgan fingerprint density at radius 3 is 2.52 bits per heavy atom. The molecule has 2 rings (SSSR count). The monoisotopic (exact) mass is 396 g/mol. The molecule has 23 heavy (non-hydrogen) atoms. The van der Waals surface area contributed by atoms with Crippen molar-refractivity contribution < 1.29 is 9.53 Å². The maximum Gasteiger partial charge on any atom is 0.262 e. The van der Waals surface area contributed by atoms with Gasteiger partial charge in [-0.25, -0.2) is 0 Å². The SMILES string of the molecule is Cc1cc(C)c(OCC(=O)Nc2c(C)cc(N)cc2Br)c(Cl)c1. The number of benzene rings is 2. The highest BCUT2D eigenvalue weighted by atomic mass is 79.9. The molecule has 0 bridgehead atoms. The van der Waals surface area contributed by atoms with Crippen molar-refractivity contribution in [2.75, 3.05) is 17.7 Å². The van der Waals surface area contributed by atoms with Crippen LogP contribution in [0.3, 0.4) is 0 Å². The number of amides is 1. The minimum atomic E-state index is -0.269. The number of nitrogens with two attached hydrogens (primary N) is 1. The number of carbonyl (C=O) groups excluding carboxylic acids is 1. The normalized spacial score (nSPS) is 10.5. The number of hydrogen-bond acceptors (Lipinski definition) is 3. The number of rotatable bonds is 4. The summed E-state index contributed by atoms with van der Waals surface area (Å²) in [6.45, 7) is 5.60. The molecule has 6 heteroatoms. The largest absolute Gasteiger partial charge is 0.482 e. The first-order valence-electron chi connectivity index (χ1n) is 7.03. The number of halogens is 2. The second-order valence-corrected chi connectivity index (χ2v) is 6.69. The van der Waals surface area contributed by atoms with E-state index in [-0.39, 0.29) is 12.5 Å². The Morgan fingerprint density at radius 2 is 1.91 bits per heavy atom. The molecule has 0 atom stereocenters. The average molecular weight is 398 g/mol. The predicted molar refractivity (Wildman–Crippen MR) is 98.3 cm³/mol. The molecular weight excluding hydrogens is 380 g/mol. The highest BCUT2D eigenvalue weighted by Gasteiger charge is 2.12. The van der Waals surface area contributed by atoms with Crippen LogP contribution in [-0.2, 0) is 4.79 Å². The Kier molecular flexibility index (Phi) is 5.55. The van der Waals surface area contributed by atoms with Gasteiger partial charge in [0.25, 0.3) is 5.91 Å². The van der Waals surface area contributed by atoms with Crippen molar-refractivity contribution in [3.05, 3.63) is 50.5 Å². The zero-order valence-corrected chi connectivity index (χ0v) is 15.5. The molecule has 0 saturated heterocycles. The lowest BCUT2D eigenvalue weighted by Gasteiger charge is -2.14. The van der Waals surface area contributed by atoms with Crippen LogP contribution < -0.4 is 15.8 Å². The molecule has 0 unspecified atom stereocenters. The Labute approximate surface area is 149 Å². The topological polar surface area (TPSA) is 64.3 Å². The van der Waals surface area contributed by atoms with Gasteiger partial charge in [-0.2, -0.15) is 0 Å². The van der Waals surface area contributed by atoms with Crippen LogP contribution in [0.5, 0.6) is 5.75 Å². The molecule has 0 aliphatic heterocycles. The first kappa shape index (κ1) is 17.6. The molecule has 0 aliphatic carbocycles. The van der Waals surface area contributed by atoms with Crippen LogP contribution in [0.15, 0.2) is 28.7 Å². The predicted octanol–water partition coefficient (Wildman–Crippen LogP) is 4.63. The summed E-state index contributed by atoms with van der Waals surface area (Å²) in [7, 11) is 0. The number of anilines is 2. The summed E-state index contributed by atoms with van der Waals surface area (Å²) in [6.07, 6.45) is 0. The van der Waals surface area contributed by atoms with Crippen molar-refractivity contribution in [3.8, 4) is 5.75 Å². The van der Waals surface area contributed by atoms with E-state index >= 15 is 0 Å². The van der Waals surface area contributed by atoms with Gasteiger partial charge in [-0.15, -0.1) is 0 Å². The Bertz CT molecular complexity index is 716. The lowest BCUT2D eigenvalue weighted by molar-refractivity contribution is -0.118. The molecular formula is C17H18BrClN2O2. The zero-order valence-electron chi connectivity index (χ0n) is 13.2. The molecule has 122 valence electrons. The van der Waals surface area contributed by atoms with Crippen molar-refractivity contribution in [2.24, 2.45) is 0 Å². The molecule has 1 amide bonds. The van der Waals surface area contributed by atoms with Crippen LogP contribution in [0.25, 0.3) is 0 Å². The zero-order chi connectivity index (χ0) is 17.1. The minimum absolute atomic E-state index is 0.125. The van der Waals surface area contributed by atoms with Crippen molar-refractivity contribution >= 4 is 44.8 Å². The van der Waals surface area contributed by atoms with Crippen molar-refractivity contribution in [2.45, 2.75) is 20.8 Å². The quantitative estimate of drug-likeness (QED) is 0.739. The first-order valence-corrected chi connectivity index (χ1v) is 8.20. The van der Waals surface area contributed by atoms with Gasteiger partial charge >= 0.3 is 0 Å². The molecule has 0 radical (unpaired) electrons. The van der Waals surface area contributed by atoms with E-state index in [2.05, 4.69) is 21.2 Å². The number of hydrogen-bond donors (Lipinski definition) is 2. The summed E-state index contributed by atoms with van der Waals surface area (Å²) >= 11 is 9.57. The number of aryl methyl sites for hydroxylation is 3. The molecule has 2 aromatic rings. The molecule has 0 aromatic heterocycles. The fourth-order valence-corrected chi connectivity index (χ4v) is 3.38. The smallest absolute Gasteiger partial charge is 0.262 e. The first-order chi connectivity index (χ1) is 10.8. The molecule has 0 saturated carbocycles. The summed E-state index contributed by atoms with van der Waals surface area (Å²) in [5.74, 6) is 0.259. The number of carbonyl (C=O) groups is 1. The van der Waals surface area contributed by atoms with Crippen LogP contribution in [-0.4, -0.2) is 12.5 Å². The second-order valence-electron chi connectivity index (χ2n) is 5.42. The van der Waals surface area contributed by atoms with Gasteiger partial charge in [-0.1, -0.05) is 17.7 Å². The lowest BCUT2D eigenvalue weighted by atomic mass is 10.1. The third-order valence-electron chi connectivity index (χ3n) is 3.30. The van der Waals surface area contributed by atoms with Crippen LogP contribution in [0.2, 0.25) is 5.02 Å². The van der Waals surface area contributed by atoms with Crippen LogP contribution in [0, 0.1) is 20.8 Å². The fourth-order valence-electron chi connectivity index (χ4n) is 2.33. The molecule has 0 aliphatic rings. The van der Waals surface area contributed by atoms with E-state index in [1.54, 1.807) is 12.1 Å². The molecule has 2 aromatic carbocycles. The molecule has 4 nitrogen and oxygen atoms in total. The minimum Gasteiger partial charge on any atom is -0.482 e. The number of nitrogen functional groups attached to an aromatic ring is 1. The highest BCUT2D eigenvalue weighted by molar-refractivity contribution is 9.10. The fraction of sp³-hybridized carbons (Fsp3) is 0.235. The summed E-state index contributed by atoms with van der Waals surface area (Å²) < 4.78 is 6.31. The van der Waals surface area contributed by atoms with E-state index in [0.717, 1.165) is 21.2 Å². The molecule has 0 fully saturated rings. The van der Waals surface area contributed by atoms with Crippen LogP contribution in [0.4, 0.5) is 11.4 Å². The summed E-state index contributed by atoms with van der Waals surface area (Å²) in [4.78, 5) is 12.1. The maximum absolute atomic E-state index is 12.1. The van der Waals surface area contributed by atoms with Gasteiger partial charge in [0.05, 0.1) is 10.7 Å². The second kappa shape index (κ2) is 7.23. The third-order valence-corrected chi connectivity index (χ3v) is 4.20. The van der Waals surface area contributed by atoms with Gasteiger partial charge in [-0.3, -0.25) is 4.79 Å². The Balaban J connectivity index is 2.07. The average Bonchev–Trinajstić information content (AvgIpc) is 2.41. The number of ether oxygens (including phenoxy) is 1. The molecule has 0 spiro atoms. The van der Waals surface area contributed by atoms with Crippen LogP contribution >= 0.6 is 27.5 Å². The van der Waals surface area contributed by atoms with Gasteiger partial charge in [-0.05, 0) is 71.6 Å². The standard InChI is InChI=1S/C17H18BrClN2O2/c1-9-4-11(3)17(14(19)5-9)23-8-15(22)21-16-10(2)6-12(20)7-13(16)18/h4-7H,8,20H2,1-3H3,(H,21,22). The third kappa shape index (κ3) is 4.39. The van der Waals surface area contributed by atoms with E-state index in [1.807, 2.05) is 32.9 Å². The summed E-state index contributed by atoms with van der Waals surface area (Å²) in [6, 6.07) is 7.30. The van der Waals surface area contributed by atoms with Gasteiger partial charge in [0.2, 0.25) is 0 Å². The van der Waals surface area contributed by atoms with Crippen molar-refractivity contribution in [3.63, 3.8) is 0 Å². The Hall–Kier alpha value is -1.72. The number of nitrogens with one attached hydrogen (secondary N) is 1. The summed E-state index contributed by atoms with van der Waals surface area (Å²) in [5.41, 5.74) is 9.88. The van der Waals surface area contributed by atoms with E-state index < -0.39 is 0 Å². The lowest BCUT2D eigenvalue weighted by Crippen LogP contribution is -2.21. The molecule has 0 heterocycles. The van der Waals surface area contributed by atoms with Gasteiger partial charge in [0.15, 0.2) is 6.61 Å². The van der Waals surface area contributed by atoms with E-state index in [1.165, 1.54) is 0 Å². The molecule has 3 N–H and O–H groups in total. The van der Waals surface area contributed by atoms with Gasteiger partial charge in [0.1, 0.15) is 5.75 Å². The van der Waals surface area contributed by atoms with Gasteiger partial charge < -0.3 is 15.8 Å². The van der Waals surface area contributed by atoms with Crippen molar-refractivity contribution in [1.82, 2.24) is 0 Å². The van der Waals surface area contributed by atoms with E-state index in [4.69, 9.17) is 22.1 Å². The summed E-state index contributed by atoms with van der Waals surface area (Å²) in [5, 5.41) is 3.32. The highest BCUT2D eigenvalue weighted by Crippen LogP contribution is 2.31. The van der Waals surface area contributed by atoms with Crippen molar-refractivity contribution in [1.29, 1.82) is 0 Å². The van der Waals surface area contributed by atoms with E-state index in [9.17, 15) is 4.79 Å². The maximum atomic E-state index is 12.1. The van der Waals surface area contributed by atoms with Crippen LogP contribution in [0.1, 0.15) is 16.7 Å². The Morgan fingerprint density at radius 1 is 1.22 bits per heavy atom.